The monoisotopic (exact) mass is 278 g/mol. The van der Waals surface area contributed by atoms with Gasteiger partial charge >= 0.3 is 0 Å². The quantitative estimate of drug-likeness (QED) is 0.846. The molecule has 20 heavy (non-hydrogen) atoms. The van der Waals surface area contributed by atoms with E-state index in [0.717, 1.165) is 50.5 Å². The average molecular weight is 278 g/mol. The highest BCUT2D eigenvalue weighted by molar-refractivity contribution is 5.28. The van der Waals surface area contributed by atoms with Crippen LogP contribution in [0.3, 0.4) is 0 Å². The zero-order chi connectivity index (χ0) is 13.9. The number of rotatable bonds is 4. The summed E-state index contributed by atoms with van der Waals surface area (Å²) in [5, 5.41) is 0. The number of aryl methyl sites for hydroxylation is 1. The molecule has 110 valence electrons. The van der Waals surface area contributed by atoms with Gasteiger partial charge in [0.05, 0.1) is 12.3 Å². The molecule has 3 rings (SSSR count). The van der Waals surface area contributed by atoms with Gasteiger partial charge in [0.2, 0.25) is 0 Å². The second-order valence-corrected chi connectivity index (χ2v) is 5.87. The number of aromatic nitrogens is 1. The third-order valence-electron chi connectivity index (χ3n) is 4.39. The van der Waals surface area contributed by atoms with E-state index in [0.29, 0.717) is 18.9 Å². The minimum Gasteiger partial charge on any atom is -0.381 e. The van der Waals surface area contributed by atoms with Crippen LogP contribution < -0.4 is 0 Å². The molecule has 0 radical (unpaired) electrons. The van der Waals surface area contributed by atoms with Crippen LogP contribution in [0.2, 0.25) is 0 Å². The first kappa shape index (κ1) is 14.0. The molecule has 1 aromatic heterocycles. The maximum absolute atomic E-state index is 13.3. The smallest absolute Gasteiger partial charge is 0.114 e. The molecule has 1 aromatic rings. The molecule has 2 fully saturated rings. The molecule has 0 N–H and O–H groups in total. The van der Waals surface area contributed by atoms with Crippen molar-refractivity contribution in [2.45, 2.75) is 44.8 Å². The summed E-state index contributed by atoms with van der Waals surface area (Å²) in [5.41, 5.74) is 3.56. The fraction of sp³-hybridized carbons (Fsp3) is 0.688. The van der Waals surface area contributed by atoms with Crippen molar-refractivity contribution in [1.29, 1.82) is 0 Å². The molecule has 0 bridgehead atoms. The minimum atomic E-state index is -0.664. The molecule has 1 unspecified atom stereocenters. The highest BCUT2D eigenvalue weighted by atomic mass is 19.1. The van der Waals surface area contributed by atoms with E-state index in [1.165, 1.54) is 5.56 Å². The first-order chi connectivity index (χ1) is 9.76. The van der Waals surface area contributed by atoms with Crippen molar-refractivity contribution < 1.29 is 9.13 Å². The Kier molecular flexibility index (Phi) is 4.32. The van der Waals surface area contributed by atoms with Crippen LogP contribution in [0.4, 0.5) is 4.39 Å². The number of pyridine rings is 1. The van der Waals surface area contributed by atoms with E-state index in [-0.39, 0.29) is 0 Å². The van der Waals surface area contributed by atoms with Crippen molar-refractivity contribution in [1.82, 2.24) is 9.88 Å². The predicted octanol–water partition coefficient (Wildman–Crippen LogP) is 2.69. The van der Waals surface area contributed by atoms with Gasteiger partial charge < -0.3 is 4.74 Å². The zero-order valence-corrected chi connectivity index (χ0v) is 12.1. The number of halogens is 1. The molecular weight excluding hydrogens is 255 g/mol. The molecule has 0 spiro atoms. The van der Waals surface area contributed by atoms with Gasteiger partial charge in [-0.05, 0) is 30.9 Å². The highest BCUT2D eigenvalue weighted by Gasteiger charge is 2.26. The summed E-state index contributed by atoms with van der Waals surface area (Å²) in [6.07, 6.45) is 2.02. The Balaban J connectivity index is 1.81. The Hall–Kier alpha value is -1.00. The van der Waals surface area contributed by atoms with Crippen LogP contribution in [0.1, 0.15) is 42.6 Å². The van der Waals surface area contributed by atoms with Crippen LogP contribution in [-0.4, -0.2) is 42.4 Å². The van der Waals surface area contributed by atoms with Crippen molar-refractivity contribution in [2.75, 3.05) is 26.3 Å². The van der Waals surface area contributed by atoms with Gasteiger partial charge in [-0.3, -0.25) is 9.88 Å². The van der Waals surface area contributed by atoms with Crippen LogP contribution in [0.25, 0.3) is 0 Å². The second-order valence-electron chi connectivity index (χ2n) is 5.87. The van der Waals surface area contributed by atoms with Gasteiger partial charge in [0.25, 0.3) is 0 Å². The fourth-order valence-electron chi connectivity index (χ4n) is 3.17. The van der Waals surface area contributed by atoms with E-state index in [2.05, 4.69) is 24.0 Å². The lowest BCUT2D eigenvalue weighted by molar-refractivity contribution is 0.193. The topological polar surface area (TPSA) is 25.4 Å². The standard InChI is InChI=1S/C16H23FN2O/c1-2-14-3-4-15(12-6-8-20-11-12)16(18-14)10-19-7-5-13(17)9-19/h3-4,12-13H,2,5-11H2,1H3/t12?,13-/m1/s1. The summed E-state index contributed by atoms with van der Waals surface area (Å²) in [4.78, 5) is 6.99. The van der Waals surface area contributed by atoms with Crippen molar-refractivity contribution in [3.63, 3.8) is 0 Å². The van der Waals surface area contributed by atoms with E-state index in [1.807, 2.05) is 0 Å². The maximum atomic E-state index is 13.3. The molecular formula is C16H23FN2O. The summed E-state index contributed by atoms with van der Waals surface area (Å²) in [6, 6.07) is 4.34. The summed E-state index contributed by atoms with van der Waals surface area (Å²) >= 11 is 0. The Labute approximate surface area is 120 Å². The lowest BCUT2D eigenvalue weighted by Gasteiger charge is -2.19. The Morgan fingerprint density at radius 3 is 2.95 bits per heavy atom. The van der Waals surface area contributed by atoms with Gasteiger partial charge in [0.1, 0.15) is 6.17 Å². The third-order valence-corrected chi connectivity index (χ3v) is 4.39. The number of likely N-dealkylation sites (tertiary alicyclic amines) is 1. The molecule has 2 aliphatic heterocycles. The van der Waals surface area contributed by atoms with Gasteiger partial charge in [-0.1, -0.05) is 13.0 Å². The molecule has 2 aliphatic rings. The number of alkyl halides is 1. The lowest BCUT2D eigenvalue weighted by Crippen LogP contribution is -2.23. The summed E-state index contributed by atoms with van der Waals surface area (Å²) < 4.78 is 18.8. The molecule has 3 heterocycles. The highest BCUT2D eigenvalue weighted by Crippen LogP contribution is 2.29. The normalized spacial score (nSPS) is 27.3. The molecule has 2 saturated heterocycles. The number of nitrogens with zero attached hydrogens (tertiary/aromatic N) is 2. The van der Waals surface area contributed by atoms with Crippen LogP contribution >= 0.6 is 0 Å². The van der Waals surface area contributed by atoms with Gasteiger partial charge in [-0.25, -0.2) is 4.39 Å². The van der Waals surface area contributed by atoms with E-state index in [4.69, 9.17) is 9.72 Å². The predicted molar refractivity (Wildman–Crippen MR) is 76.6 cm³/mol. The van der Waals surface area contributed by atoms with Crippen LogP contribution in [0, 0.1) is 0 Å². The Bertz CT molecular complexity index is 460. The van der Waals surface area contributed by atoms with Crippen LogP contribution in [-0.2, 0) is 17.7 Å². The van der Waals surface area contributed by atoms with Gasteiger partial charge in [-0.15, -0.1) is 0 Å². The van der Waals surface area contributed by atoms with Gasteiger partial charge in [0, 0.05) is 37.9 Å². The van der Waals surface area contributed by atoms with Crippen LogP contribution in [0.5, 0.6) is 0 Å². The first-order valence-corrected chi connectivity index (χ1v) is 7.69. The second kappa shape index (κ2) is 6.19. The number of ether oxygens (including phenoxy) is 1. The number of hydrogen-bond donors (Lipinski definition) is 0. The summed E-state index contributed by atoms with van der Waals surface area (Å²) in [6.45, 7) is 5.94. The van der Waals surface area contributed by atoms with Crippen molar-refractivity contribution in [2.24, 2.45) is 0 Å². The first-order valence-electron chi connectivity index (χ1n) is 7.69. The molecule has 2 atom stereocenters. The maximum Gasteiger partial charge on any atom is 0.114 e. The van der Waals surface area contributed by atoms with E-state index in [9.17, 15) is 4.39 Å². The SMILES string of the molecule is CCc1ccc(C2CCOC2)c(CN2CC[C@@H](F)C2)n1. The number of hydrogen-bond acceptors (Lipinski definition) is 3. The molecule has 0 amide bonds. The molecule has 3 nitrogen and oxygen atoms in total. The van der Waals surface area contributed by atoms with Gasteiger partial charge in [0.15, 0.2) is 0 Å². The lowest BCUT2D eigenvalue weighted by atomic mass is 9.96. The van der Waals surface area contributed by atoms with Crippen molar-refractivity contribution >= 4 is 0 Å². The van der Waals surface area contributed by atoms with E-state index >= 15 is 0 Å². The Morgan fingerprint density at radius 2 is 2.30 bits per heavy atom. The third kappa shape index (κ3) is 3.01. The van der Waals surface area contributed by atoms with E-state index in [1.54, 1.807) is 0 Å². The zero-order valence-electron chi connectivity index (χ0n) is 12.1. The molecule has 0 aromatic carbocycles. The van der Waals surface area contributed by atoms with Crippen LogP contribution in [0.15, 0.2) is 12.1 Å². The largest absolute Gasteiger partial charge is 0.381 e. The Morgan fingerprint density at radius 1 is 1.40 bits per heavy atom. The molecule has 0 aliphatic carbocycles. The van der Waals surface area contributed by atoms with Crippen molar-refractivity contribution in [3.8, 4) is 0 Å². The summed E-state index contributed by atoms with van der Waals surface area (Å²) in [7, 11) is 0. The minimum absolute atomic E-state index is 0.465. The fourth-order valence-corrected chi connectivity index (χ4v) is 3.17. The molecule has 0 saturated carbocycles. The summed E-state index contributed by atoms with van der Waals surface area (Å²) in [5.74, 6) is 0.465. The van der Waals surface area contributed by atoms with E-state index < -0.39 is 6.17 Å². The average Bonchev–Trinajstić information content (AvgIpc) is 3.10. The van der Waals surface area contributed by atoms with Crippen molar-refractivity contribution in [3.05, 3.63) is 29.1 Å². The molecule has 4 heteroatoms. The van der Waals surface area contributed by atoms with Gasteiger partial charge in [-0.2, -0.15) is 0 Å².